The van der Waals surface area contributed by atoms with Crippen LogP contribution in [0.3, 0.4) is 0 Å². The zero-order chi connectivity index (χ0) is 18.4. The Balaban J connectivity index is 2.03. The first-order valence-corrected chi connectivity index (χ1v) is 8.17. The molecule has 0 radical (unpaired) electrons. The Morgan fingerprint density at radius 3 is 2.60 bits per heavy atom. The van der Waals surface area contributed by atoms with E-state index in [2.05, 4.69) is 11.9 Å². The summed E-state index contributed by atoms with van der Waals surface area (Å²) < 4.78 is 37.5. The number of nitrogens with one attached hydrogen (secondary N) is 1. The summed E-state index contributed by atoms with van der Waals surface area (Å²) >= 11 is 0. The van der Waals surface area contributed by atoms with E-state index in [0.29, 0.717) is 11.3 Å². The van der Waals surface area contributed by atoms with Gasteiger partial charge in [0.2, 0.25) is 11.8 Å². The minimum Gasteiger partial charge on any atom is -0.339 e. The lowest BCUT2D eigenvalue weighted by Crippen LogP contribution is -2.46. The third-order valence-corrected chi connectivity index (χ3v) is 4.21. The summed E-state index contributed by atoms with van der Waals surface area (Å²) in [5, 5.41) is 2.59. The summed E-state index contributed by atoms with van der Waals surface area (Å²) in [5.74, 6) is -0.689. The number of hydrogen-bond acceptors (Lipinski definition) is 2. The van der Waals surface area contributed by atoms with Gasteiger partial charge in [0.25, 0.3) is 0 Å². The number of nitrogens with zero attached hydrogens (tertiary/aromatic N) is 1. The van der Waals surface area contributed by atoms with Gasteiger partial charge in [0.05, 0.1) is 12.8 Å². The van der Waals surface area contributed by atoms with Crippen molar-refractivity contribution < 1.29 is 22.8 Å². The Bertz CT molecular complexity index is 639. The standard InChI is InChI=1S/C18H21F3N2O2/c1-2-16(24)22-14-6-3-5-13(11-14)12-17(25)23(15-7-4-8-15)10-9-18(19,20)21/h2-3,5-6,11,15H,1,4,7-10,12H2,(H,22,24). The quantitative estimate of drug-likeness (QED) is 0.759. The summed E-state index contributed by atoms with van der Waals surface area (Å²) in [5.41, 5.74) is 1.16. The van der Waals surface area contributed by atoms with Crippen LogP contribution in [-0.2, 0) is 16.0 Å². The van der Waals surface area contributed by atoms with Crippen LogP contribution in [0.5, 0.6) is 0 Å². The molecule has 1 aromatic carbocycles. The number of amides is 2. The van der Waals surface area contributed by atoms with Gasteiger partial charge >= 0.3 is 6.18 Å². The molecule has 2 amide bonds. The number of carbonyl (C=O) groups is 2. The van der Waals surface area contributed by atoms with Crippen molar-refractivity contribution in [2.45, 2.75) is 44.3 Å². The highest BCUT2D eigenvalue weighted by molar-refractivity contribution is 5.98. The van der Waals surface area contributed by atoms with Crippen molar-refractivity contribution in [3.05, 3.63) is 42.5 Å². The number of carbonyl (C=O) groups excluding carboxylic acids is 2. The van der Waals surface area contributed by atoms with Crippen molar-refractivity contribution in [3.63, 3.8) is 0 Å². The van der Waals surface area contributed by atoms with Crippen molar-refractivity contribution in [3.8, 4) is 0 Å². The van der Waals surface area contributed by atoms with E-state index in [0.717, 1.165) is 25.3 Å². The van der Waals surface area contributed by atoms with Gasteiger partial charge in [-0.25, -0.2) is 0 Å². The molecule has 25 heavy (non-hydrogen) atoms. The van der Waals surface area contributed by atoms with E-state index in [1.54, 1.807) is 24.3 Å². The van der Waals surface area contributed by atoms with Gasteiger partial charge < -0.3 is 10.2 Å². The lowest BCUT2D eigenvalue weighted by Gasteiger charge is -2.38. The molecule has 0 heterocycles. The summed E-state index contributed by atoms with van der Waals surface area (Å²) in [6.07, 6.45) is -1.71. The minimum absolute atomic E-state index is 0.00611. The van der Waals surface area contributed by atoms with Gasteiger partial charge in [0, 0.05) is 18.3 Å². The molecule has 0 aliphatic heterocycles. The molecule has 136 valence electrons. The summed E-state index contributed by atoms with van der Waals surface area (Å²) in [6.45, 7) is 3.06. The molecule has 1 aromatic rings. The summed E-state index contributed by atoms with van der Waals surface area (Å²) in [4.78, 5) is 25.2. The average molecular weight is 354 g/mol. The van der Waals surface area contributed by atoms with E-state index in [-0.39, 0.29) is 30.8 Å². The topological polar surface area (TPSA) is 49.4 Å². The van der Waals surface area contributed by atoms with Gasteiger partial charge in [0.1, 0.15) is 0 Å². The molecule has 0 unspecified atom stereocenters. The Labute approximate surface area is 144 Å². The van der Waals surface area contributed by atoms with Crippen LogP contribution in [-0.4, -0.2) is 35.5 Å². The predicted molar refractivity (Wildman–Crippen MR) is 89.0 cm³/mol. The van der Waals surface area contributed by atoms with E-state index in [1.165, 1.54) is 4.90 Å². The monoisotopic (exact) mass is 354 g/mol. The number of anilines is 1. The molecule has 0 bridgehead atoms. The zero-order valence-electron chi connectivity index (χ0n) is 13.8. The summed E-state index contributed by atoms with van der Waals surface area (Å²) in [6, 6.07) is 6.61. The third-order valence-electron chi connectivity index (χ3n) is 4.21. The maximum Gasteiger partial charge on any atom is 0.390 e. The maximum atomic E-state index is 12.5. The molecular weight excluding hydrogens is 333 g/mol. The molecule has 1 N–H and O–H groups in total. The van der Waals surface area contributed by atoms with Crippen LogP contribution in [0.15, 0.2) is 36.9 Å². The molecule has 1 fully saturated rings. The maximum absolute atomic E-state index is 12.5. The highest BCUT2D eigenvalue weighted by atomic mass is 19.4. The van der Waals surface area contributed by atoms with Crippen LogP contribution in [0.2, 0.25) is 0 Å². The van der Waals surface area contributed by atoms with Gasteiger partial charge in [-0.05, 0) is 43.0 Å². The van der Waals surface area contributed by atoms with Gasteiger partial charge in [-0.1, -0.05) is 18.7 Å². The molecule has 0 atom stereocenters. The Morgan fingerprint density at radius 2 is 2.04 bits per heavy atom. The SMILES string of the molecule is C=CC(=O)Nc1cccc(CC(=O)N(CCC(F)(F)F)C2CCC2)c1. The Morgan fingerprint density at radius 1 is 1.32 bits per heavy atom. The van der Waals surface area contributed by atoms with E-state index < -0.39 is 12.6 Å². The Hall–Kier alpha value is -2.31. The number of benzene rings is 1. The molecule has 4 nitrogen and oxygen atoms in total. The van der Waals surface area contributed by atoms with Crippen LogP contribution in [0.1, 0.15) is 31.2 Å². The first-order valence-electron chi connectivity index (χ1n) is 8.17. The number of halogens is 3. The molecule has 1 aliphatic rings. The minimum atomic E-state index is -4.28. The first kappa shape index (κ1) is 19.0. The van der Waals surface area contributed by atoms with E-state index in [4.69, 9.17) is 0 Å². The lowest BCUT2D eigenvalue weighted by molar-refractivity contribution is -0.149. The highest BCUT2D eigenvalue weighted by Crippen LogP contribution is 2.28. The zero-order valence-corrected chi connectivity index (χ0v) is 13.8. The first-order chi connectivity index (χ1) is 11.8. The molecule has 1 saturated carbocycles. The molecule has 0 saturated heterocycles. The second kappa shape index (κ2) is 8.18. The fourth-order valence-electron chi connectivity index (χ4n) is 2.69. The fraction of sp³-hybridized carbons (Fsp3) is 0.444. The highest BCUT2D eigenvalue weighted by Gasteiger charge is 2.33. The van der Waals surface area contributed by atoms with Crippen molar-refractivity contribution in [2.24, 2.45) is 0 Å². The van der Waals surface area contributed by atoms with Gasteiger partial charge in [-0.2, -0.15) is 13.2 Å². The van der Waals surface area contributed by atoms with E-state index in [9.17, 15) is 22.8 Å². The van der Waals surface area contributed by atoms with Crippen LogP contribution in [0.25, 0.3) is 0 Å². The van der Waals surface area contributed by atoms with Crippen molar-refractivity contribution in [2.75, 3.05) is 11.9 Å². The van der Waals surface area contributed by atoms with E-state index in [1.807, 2.05) is 0 Å². The fourth-order valence-corrected chi connectivity index (χ4v) is 2.69. The van der Waals surface area contributed by atoms with Crippen LogP contribution in [0, 0.1) is 0 Å². The normalized spacial score (nSPS) is 14.5. The van der Waals surface area contributed by atoms with Crippen molar-refractivity contribution in [1.82, 2.24) is 4.90 Å². The third kappa shape index (κ3) is 5.92. The number of alkyl halides is 3. The molecule has 1 aliphatic carbocycles. The van der Waals surface area contributed by atoms with Crippen LogP contribution >= 0.6 is 0 Å². The molecule has 0 aromatic heterocycles. The van der Waals surface area contributed by atoms with Gasteiger partial charge in [0.15, 0.2) is 0 Å². The molecule has 7 heteroatoms. The summed E-state index contributed by atoms with van der Waals surface area (Å²) in [7, 11) is 0. The molecular formula is C18H21F3N2O2. The van der Waals surface area contributed by atoms with Crippen molar-refractivity contribution in [1.29, 1.82) is 0 Å². The van der Waals surface area contributed by atoms with Gasteiger partial charge in [-0.3, -0.25) is 9.59 Å². The average Bonchev–Trinajstić information content (AvgIpc) is 2.48. The predicted octanol–water partition coefficient (Wildman–Crippen LogP) is 3.69. The Kier molecular flexibility index (Phi) is 6.22. The number of hydrogen-bond donors (Lipinski definition) is 1. The second-order valence-corrected chi connectivity index (χ2v) is 6.11. The van der Waals surface area contributed by atoms with Crippen molar-refractivity contribution >= 4 is 17.5 Å². The van der Waals surface area contributed by atoms with Crippen LogP contribution in [0.4, 0.5) is 18.9 Å². The second-order valence-electron chi connectivity index (χ2n) is 6.11. The van der Waals surface area contributed by atoms with Crippen LogP contribution < -0.4 is 5.32 Å². The van der Waals surface area contributed by atoms with Gasteiger partial charge in [-0.15, -0.1) is 0 Å². The van der Waals surface area contributed by atoms with E-state index >= 15 is 0 Å². The lowest BCUT2D eigenvalue weighted by atomic mass is 9.90. The molecule has 2 rings (SSSR count). The largest absolute Gasteiger partial charge is 0.390 e. The molecule has 0 spiro atoms. The smallest absolute Gasteiger partial charge is 0.339 e. The number of rotatable bonds is 7.